The first-order valence-corrected chi connectivity index (χ1v) is 9.31. The van der Waals surface area contributed by atoms with Crippen molar-refractivity contribution >= 4 is 39.1 Å². The number of amides is 1. The van der Waals surface area contributed by atoms with Crippen molar-refractivity contribution in [2.75, 3.05) is 5.32 Å². The zero-order valence-corrected chi connectivity index (χ0v) is 16.8. The number of anilines is 1. The summed E-state index contributed by atoms with van der Waals surface area (Å²) >= 11 is 9.22. The van der Waals surface area contributed by atoms with Gasteiger partial charge in [-0.3, -0.25) is 9.59 Å². The highest BCUT2D eigenvalue weighted by Gasteiger charge is 2.31. The fourth-order valence-electron chi connectivity index (χ4n) is 2.49. The van der Waals surface area contributed by atoms with Gasteiger partial charge in [0.25, 0.3) is 5.56 Å². The first kappa shape index (κ1) is 21.1. The summed E-state index contributed by atoms with van der Waals surface area (Å²) in [5.41, 5.74) is -0.522. The van der Waals surface area contributed by atoms with E-state index in [0.717, 1.165) is 32.9 Å². The van der Waals surface area contributed by atoms with Crippen LogP contribution in [0.4, 0.5) is 18.9 Å². The van der Waals surface area contributed by atoms with Crippen LogP contribution < -0.4 is 10.9 Å². The molecule has 1 amide bonds. The minimum Gasteiger partial charge on any atom is -0.323 e. The second-order valence-corrected chi connectivity index (χ2v) is 7.29. The number of rotatable bonds is 4. The predicted molar refractivity (Wildman–Crippen MR) is 107 cm³/mol. The first-order chi connectivity index (χ1) is 13.6. The Morgan fingerprint density at radius 1 is 1.14 bits per heavy atom. The van der Waals surface area contributed by atoms with Gasteiger partial charge in [0.05, 0.1) is 22.0 Å². The van der Waals surface area contributed by atoms with E-state index in [2.05, 4.69) is 26.3 Å². The van der Waals surface area contributed by atoms with Gasteiger partial charge in [-0.1, -0.05) is 39.7 Å². The maximum absolute atomic E-state index is 12.9. The Morgan fingerprint density at radius 2 is 1.90 bits per heavy atom. The minimum atomic E-state index is -4.58. The summed E-state index contributed by atoms with van der Waals surface area (Å²) in [6.07, 6.45) is -4.58. The topological polar surface area (TPSA) is 64.0 Å². The normalized spacial score (nSPS) is 11.3. The molecule has 0 unspecified atom stereocenters. The SMILES string of the molecule is O=C(Cn1nc(-c2cccc(Br)c2)ccc1=O)Nc1cc(C(F)(F)F)ccc1Cl. The van der Waals surface area contributed by atoms with E-state index in [1.54, 1.807) is 18.2 Å². The third kappa shape index (κ3) is 5.24. The van der Waals surface area contributed by atoms with Crippen LogP contribution in [-0.4, -0.2) is 15.7 Å². The Labute approximate surface area is 176 Å². The van der Waals surface area contributed by atoms with Gasteiger partial charge in [0, 0.05) is 16.1 Å². The molecule has 29 heavy (non-hydrogen) atoms. The van der Waals surface area contributed by atoms with Crippen LogP contribution in [0, 0.1) is 0 Å². The Kier molecular flexibility index (Phi) is 6.09. The van der Waals surface area contributed by atoms with Crippen LogP contribution in [0.15, 0.2) is 63.9 Å². The summed E-state index contributed by atoms with van der Waals surface area (Å²) < 4.78 is 40.3. The van der Waals surface area contributed by atoms with Gasteiger partial charge in [-0.2, -0.15) is 18.3 Å². The number of hydrogen-bond donors (Lipinski definition) is 1. The van der Waals surface area contributed by atoms with E-state index in [0.29, 0.717) is 5.69 Å². The average molecular weight is 487 g/mol. The molecule has 0 atom stereocenters. The van der Waals surface area contributed by atoms with Gasteiger partial charge in [-0.05, 0) is 36.4 Å². The van der Waals surface area contributed by atoms with E-state index in [-0.39, 0.29) is 10.7 Å². The highest BCUT2D eigenvalue weighted by molar-refractivity contribution is 9.10. The molecule has 3 rings (SSSR count). The van der Waals surface area contributed by atoms with Crippen LogP contribution >= 0.6 is 27.5 Å². The summed E-state index contributed by atoms with van der Waals surface area (Å²) in [6.45, 7) is -0.493. The monoisotopic (exact) mass is 485 g/mol. The standard InChI is InChI=1S/C19H12BrClF3N3O2/c20-13-3-1-2-11(8-13)15-6-7-18(29)27(26-15)10-17(28)25-16-9-12(19(22,23)24)4-5-14(16)21/h1-9H,10H2,(H,25,28). The highest BCUT2D eigenvalue weighted by atomic mass is 79.9. The predicted octanol–water partition coefficient (Wildman–Crippen LogP) is 4.98. The molecule has 2 aromatic carbocycles. The number of halogens is 5. The quantitative estimate of drug-likeness (QED) is 0.565. The lowest BCUT2D eigenvalue weighted by molar-refractivity contribution is -0.137. The molecule has 0 saturated carbocycles. The van der Waals surface area contributed by atoms with Crippen LogP contribution in [0.1, 0.15) is 5.56 Å². The molecule has 0 radical (unpaired) electrons. The molecule has 5 nitrogen and oxygen atoms in total. The van der Waals surface area contributed by atoms with Gasteiger partial charge < -0.3 is 5.32 Å². The van der Waals surface area contributed by atoms with Gasteiger partial charge >= 0.3 is 6.18 Å². The van der Waals surface area contributed by atoms with Crippen molar-refractivity contribution in [3.63, 3.8) is 0 Å². The Morgan fingerprint density at radius 3 is 2.59 bits per heavy atom. The zero-order chi connectivity index (χ0) is 21.2. The molecule has 1 N–H and O–H groups in total. The first-order valence-electron chi connectivity index (χ1n) is 8.14. The number of nitrogens with one attached hydrogen (secondary N) is 1. The average Bonchev–Trinajstić information content (AvgIpc) is 2.64. The highest BCUT2D eigenvalue weighted by Crippen LogP contribution is 2.33. The molecule has 0 bridgehead atoms. The Hall–Kier alpha value is -2.65. The lowest BCUT2D eigenvalue weighted by atomic mass is 10.1. The third-order valence-corrected chi connectivity index (χ3v) is 4.67. The van der Waals surface area contributed by atoms with Gasteiger partial charge in [0.1, 0.15) is 6.54 Å². The van der Waals surface area contributed by atoms with Crippen LogP contribution in [0.5, 0.6) is 0 Å². The van der Waals surface area contributed by atoms with E-state index in [1.807, 2.05) is 6.07 Å². The molecule has 1 aromatic heterocycles. The lowest BCUT2D eigenvalue weighted by Crippen LogP contribution is -2.29. The van der Waals surface area contributed by atoms with Gasteiger partial charge in [-0.15, -0.1) is 0 Å². The fraction of sp³-hybridized carbons (Fsp3) is 0.105. The maximum Gasteiger partial charge on any atom is 0.416 e. The van der Waals surface area contributed by atoms with Crippen molar-refractivity contribution in [1.29, 1.82) is 0 Å². The van der Waals surface area contributed by atoms with E-state index >= 15 is 0 Å². The molecule has 3 aromatic rings. The molecule has 10 heteroatoms. The number of alkyl halides is 3. The smallest absolute Gasteiger partial charge is 0.323 e. The molecular formula is C19H12BrClF3N3O2. The number of nitrogens with zero attached hydrogens (tertiary/aromatic N) is 2. The summed E-state index contributed by atoms with van der Waals surface area (Å²) in [6, 6.07) is 12.5. The second kappa shape index (κ2) is 8.38. The van der Waals surface area contributed by atoms with Crippen molar-refractivity contribution < 1.29 is 18.0 Å². The van der Waals surface area contributed by atoms with Crippen LogP contribution in [0.3, 0.4) is 0 Å². The number of carbonyl (C=O) groups is 1. The lowest BCUT2D eigenvalue weighted by Gasteiger charge is -2.12. The van der Waals surface area contributed by atoms with Gasteiger partial charge in [0.15, 0.2) is 0 Å². The van der Waals surface area contributed by atoms with E-state index in [1.165, 1.54) is 12.1 Å². The van der Waals surface area contributed by atoms with Crippen molar-refractivity contribution in [2.45, 2.75) is 12.7 Å². The largest absolute Gasteiger partial charge is 0.416 e. The van der Waals surface area contributed by atoms with Gasteiger partial charge in [0.2, 0.25) is 5.91 Å². The summed E-state index contributed by atoms with van der Waals surface area (Å²) in [5, 5.41) is 6.38. The fourth-order valence-corrected chi connectivity index (χ4v) is 3.05. The van der Waals surface area contributed by atoms with Crippen LogP contribution in [0.2, 0.25) is 5.02 Å². The van der Waals surface area contributed by atoms with E-state index < -0.39 is 29.8 Å². The zero-order valence-electron chi connectivity index (χ0n) is 14.5. The van der Waals surface area contributed by atoms with E-state index in [9.17, 15) is 22.8 Å². The number of benzene rings is 2. The van der Waals surface area contributed by atoms with Crippen molar-refractivity contribution in [3.05, 3.63) is 80.0 Å². The molecule has 150 valence electrons. The molecule has 0 spiro atoms. The summed E-state index contributed by atoms with van der Waals surface area (Å²) in [4.78, 5) is 24.3. The number of hydrogen-bond acceptors (Lipinski definition) is 3. The minimum absolute atomic E-state index is 0.0606. The Bertz CT molecular complexity index is 1130. The van der Waals surface area contributed by atoms with Crippen LogP contribution in [-0.2, 0) is 17.5 Å². The summed E-state index contributed by atoms with van der Waals surface area (Å²) in [5.74, 6) is -0.743. The Balaban J connectivity index is 1.83. The molecule has 0 aliphatic carbocycles. The molecular weight excluding hydrogens is 475 g/mol. The molecule has 0 saturated heterocycles. The van der Waals surface area contributed by atoms with Crippen molar-refractivity contribution in [1.82, 2.24) is 9.78 Å². The summed E-state index contributed by atoms with van der Waals surface area (Å²) in [7, 11) is 0. The molecule has 0 aliphatic heterocycles. The van der Waals surface area contributed by atoms with Crippen LogP contribution in [0.25, 0.3) is 11.3 Å². The van der Waals surface area contributed by atoms with Crippen molar-refractivity contribution in [3.8, 4) is 11.3 Å². The second-order valence-electron chi connectivity index (χ2n) is 5.97. The third-order valence-electron chi connectivity index (χ3n) is 3.85. The van der Waals surface area contributed by atoms with E-state index in [4.69, 9.17) is 11.6 Å². The molecule has 0 fully saturated rings. The number of aromatic nitrogens is 2. The molecule has 0 aliphatic rings. The van der Waals surface area contributed by atoms with Gasteiger partial charge in [-0.25, -0.2) is 4.68 Å². The van der Waals surface area contributed by atoms with Crippen molar-refractivity contribution in [2.24, 2.45) is 0 Å². The maximum atomic E-state index is 12.9. The molecule has 1 heterocycles. The number of carbonyl (C=O) groups excluding carboxylic acids is 1.